The lowest BCUT2D eigenvalue weighted by Crippen LogP contribution is -2.61. The molecule has 2 aliphatic heterocycles. The van der Waals surface area contributed by atoms with Crippen LogP contribution in [0.3, 0.4) is 0 Å². The van der Waals surface area contributed by atoms with Gasteiger partial charge in [-0.3, -0.25) is 9.59 Å². The van der Waals surface area contributed by atoms with Crippen LogP contribution in [0.2, 0.25) is 0 Å². The molecule has 2 rings (SSSR count). The maximum absolute atomic E-state index is 13.1. The number of carbonyl (C=O) groups is 2. The number of allylic oxidation sites excluding steroid dienone is 2. The van der Waals surface area contributed by atoms with Gasteiger partial charge in [-0.2, -0.15) is 0 Å². The molecule has 0 radical (unpaired) electrons. The molecule has 460 valence electrons. The van der Waals surface area contributed by atoms with Crippen molar-refractivity contribution in [2.45, 2.75) is 351 Å². The summed E-state index contributed by atoms with van der Waals surface area (Å²) in [5.41, 5.74) is 0. The highest BCUT2D eigenvalue weighted by Crippen LogP contribution is 2.27. The van der Waals surface area contributed by atoms with Crippen molar-refractivity contribution in [2.75, 3.05) is 26.4 Å². The first-order chi connectivity index (χ1) is 38.0. The summed E-state index contributed by atoms with van der Waals surface area (Å²) < 4.78 is 33.8. The van der Waals surface area contributed by atoms with E-state index in [4.69, 9.17) is 28.4 Å². The van der Waals surface area contributed by atoms with Gasteiger partial charge in [-0.15, -0.1) is 0 Å². The molecule has 0 aromatic carbocycles. The number of carbonyl (C=O) groups excluding carboxylic acids is 2. The second kappa shape index (κ2) is 49.8. The number of hydrogen-bond acceptors (Lipinski definition) is 15. The lowest BCUT2D eigenvalue weighted by molar-refractivity contribution is -0.332. The van der Waals surface area contributed by atoms with Crippen molar-refractivity contribution in [1.82, 2.24) is 0 Å². The third-order valence-electron chi connectivity index (χ3n) is 15.7. The molecule has 7 N–H and O–H groups in total. The molecule has 2 heterocycles. The first-order valence-electron chi connectivity index (χ1n) is 32.3. The van der Waals surface area contributed by atoms with Crippen LogP contribution in [-0.4, -0.2) is 142 Å². The number of rotatable bonds is 53. The second-order valence-electron chi connectivity index (χ2n) is 23.0. The normalized spacial score (nSPS) is 24.0. The molecule has 0 bridgehead atoms. The minimum Gasteiger partial charge on any atom is -0.462 e. The van der Waals surface area contributed by atoms with Gasteiger partial charge >= 0.3 is 11.9 Å². The summed E-state index contributed by atoms with van der Waals surface area (Å²) in [6.07, 6.45) is 38.2. The van der Waals surface area contributed by atoms with E-state index < -0.39 is 92.7 Å². The van der Waals surface area contributed by atoms with Gasteiger partial charge in [0.15, 0.2) is 18.7 Å². The fraction of sp³-hybridized carbons (Fsp3) is 0.937. The zero-order chi connectivity index (χ0) is 56.7. The number of aliphatic hydroxyl groups is 7. The van der Waals surface area contributed by atoms with E-state index in [1.54, 1.807) is 0 Å². The Kier molecular flexibility index (Phi) is 46.2. The Bertz CT molecular complexity index is 1400. The van der Waals surface area contributed by atoms with Crippen molar-refractivity contribution >= 4 is 11.9 Å². The third kappa shape index (κ3) is 36.0. The summed E-state index contributed by atoms with van der Waals surface area (Å²) in [6, 6.07) is 0. The summed E-state index contributed by atoms with van der Waals surface area (Å²) >= 11 is 0. The Labute approximate surface area is 473 Å². The van der Waals surface area contributed by atoms with E-state index in [9.17, 15) is 45.3 Å². The Morgan fingerprint density at radius 2 is 0.744 bits per heavy atom. The van der Waals surface area contributed by atoms with Gasteiger partial charge in [-0.1, -0.05) is 251 Å². The van der Waals surface area contributed by atoms with E-state index in [0.29, 0.717) is 12.8 Å². The average Bonchev–Trinajstić information content (AvgIpc) is 3.43. The molecule has 0 spiro atoms. The van der Waals surface area contributed by atoms with Crippen LogP contribution in [0.4, 0.5) is 0 Å². The van der Waals surface area contributed by atoms with Crippen LogP contribution < -0.4 is 0 Å². The lowest BCUT2D eigenvalue weighted by atomic mass is 9.98. The fourth-order valence-corrected chi connectivity index (χ4v) is 10.5. The predicted molar refractivity (Wildman–Crippen MR) is 308 cm³/mol. The van der Waals surface area contributed by atoms with Crippen molar-refractivity contribution in [3.8, 4) is 0 Å². The summed E-state index contributed by atoms with van der Waals surface area (Å²) in [4.78, 5) is 26.0. The fourth-order valence-electron chi connectivity index (χ4n) is 10.5. The van der Waals surface area contributed by atoms with Gasteiger partial charge in [0.05, 0.1) is 19.8 Å². The quantitative estimate of drug-likeness (QED) is 0.0171. The SMILES string of the molecule is CCCCCCCCCCCCCCCCCCCC/C=C/CCCC(=O)OC[C@@H](CO[C@@H]1O[C@H](CO[C@@H]2O[C@H](CO)[C@H](O)C(O)C2O)[C@H](O)C(O)C1O)OC(=O)CCCCCCCCCCCCCCCCCCCCC. The molecule has 0 aromatic heterocycles. The van der Waals surface area contributed by atoms with Gasteiger partial charge in [0.1, 0.15) is 55.4 Å². The molecule has 4 unspecified atom stereocenters. The minimum atomic E-state index is -1.77. The van der Waals surface area contributed by atoms with E-state index in [1.165, 1.54) is 205 Å². The topological polar surface area (TPSA) is 231 Å². The van der Waals surface area contributed by atoms with Crippen molar-refractivity contribution in [3.05, 3.63) is 12.2 Å². The van der Waals surface area contributed by atoms with Gasteiger partial charge in [0.25, 0.3) is 0 Å². The van der Waals surface area contributed by atoms with Gasteiger partial charge in [-0.05, 0) is 32.1 Å². The zero-order valence-electron chi connectivity index (χ0n) is 49.4. The van der Waals surface area contributed by atoms with Crippen molar-refractivity contribution in [2.24, 2.45) is 0 Å². The third-order valence-corrected chi connectivity index (χ3v) is 15.7. The van der Waals surface area contributed by atoms with Crippen LogP contribution in [0.1, 0.15) is 284 Å². The lowest BCUT2D eigenvalue weighted by Gasteiger charge is -2.42. The highest BCUT2D eigenvalue weighted by Gasteiger charge is 2.47. The maximum Gasteiger partial charge on any atom is 0.306 e. The number of aliphatic hydroxyl groups excluding tert-OH is 7. The van der Waals surface area contributed by atoms with Crippen LogP contribution in [0, 0.1) is 0 Å². The smallest absolute Gasteiger partial charge is 0.306 e. The molecular formula is C63H118O15. The van der Waals surface area contributed by atoms with Gasteiger partial charge in [0, 0.05) is 12.8 Å². The van der Waals surface area contributed by atoms with Crippen LogP contribution in [0.15, 0.2) is 12.2 Å². The molecular weight excluding hydrogens is 997 g/mol. The van der Waals surface area contributed by atoms with Gasteiger partial charge in [0.2, 0.25) is 0 Å². The molecule has 11 atom stereocenters. The number of ether oxygens (including phenoxy) is 6. The van der Waals surface area contributed by atoms with Crippen LogP contribution in [0.25, 0.3) is 0 Å². The first-order valence-corrected chi connectivity index (χ1v) is 32.3. The van der Waals surface area contributed by atoms with Gasteiger partial charge in [-0.25, -0.2) is 0 Å². The van der Waals surface area contributed by atoms with Gasteiger partial charge < -0.3 is 64.2 Å². The second-order valence-corrected chi connectivity index (χ2v) is 23.0. The molecule has 15 heteroatoms. The first kappa shape index (κ1) is 72.3. The molecule has 78 heavy (non-hydrogen) atoms. The highest BCUT2D eigenvalue weighted by molar-refractivity contribution is 5.70. The summed E-state index contributed by atoms with van der Waals surface area (Å²) in [7, 11) is 0. The van der Waals surface area contributed by atoms with E-state index in [-0.39, 0.29) is 26.1 Å². The van der Waals surface area contributed by atoms with E-state index in [2.05, 4.69) is 26.0 Å². The predicted octanol–water partition coefficient (Wildman–Crippen LogP) is 12.1. The van der Waals surface area contributed by atoms with E-state index in [1.807, 2.05) is 0 Å². The number of unbranched alkanes of at least 4 members (excludes halogenated alkanes) is 37. The highest BCUT2D eigenvalue weighted by atomic mass is 16.7. The molecule has 0 saturated carbocycles. The molecule has 15 nitrogen and oxygen atoms in total. The van der Waals surface area contributed by atoms with Crippen LogP contribution in [-0.2, 0) is 38.0 Å². The number of esters is 2. The Hall–Kier alpha value is -1.76. The molecule has 0 aromatic rings. The molecule has 0 amide bonds. The van der Waals surface area contributed by atoms with Crippen molar-refractivity contribution in [3.63, 3.8) is 0 Å². The standard InChI is InChI=1S/C63H118O15/c1-3-5-7-9-11-13-15-17-19-21-23-24-25-26-28-29-31-33-35-37-39-41-43-45-54(65)73-48-51(76-55(66)46-44-42-40-38-36-34-32-30-27-22-20-18-16-14-12-10-8-6-4-2)49-74-62-61(72)59(70)57(68)53(78-62)50-75-63-60(71)58(69)56(67)52(47-64)77-63/h37,39,51-53,56-64,67-72H,3-36,38,40-50H2,1-2H3/b39-37+/t51-,52+,53+,56-,57-,58?,59?,60?,61?,62+,63+/m0/s1. The Morgan fingerprint density at radius 3 is 1.17 bits per heavy atom. The van der Waals surface area contributed by atoms with E-state index >= 15 is 0 Å². The zero-order valence-corrected chi connectivity index (χ0v) is 49.4. The average molecular weight is 1120 g/mol. The van der Waals surface area contributed by atoms with Crippen LogP contribution in [0.5, 0.6) is 0 Å². The molecule has 0 aliphatic carbocycles. The monoisotopic (exact) mass is 1110 g/mol. The summed E-state index contributed by atoms with van der Waals surface area (Å²) in [6.45, 7) is 2.64. The Morgan fingerprint density at radius 1 is 0.397 bits per heavy atom. The largest absolute Gasteiger partial charge is 0.462 e. The van der Waals surface area contributed by atoms with Crippen molar-refractivity contribution < 1.29 is 73.8 Å². The van der Waals surface area contributed by atoms with Crippen LogP contribution >= 0.6 is 0 Å². The van der Waals surface area contributed by atoms with Crippen molar-refractivity contribution in [1.29, 1.82) is 0 Å². The molecule has 2 saturated heterocycles. The summed E-state index contributed by atoms with van der Waals surface area (Å²) in [5.74, 6) is -0.942. The molecule has 2 aliphatic rings. The maximum atomic E-state index is 13.1. The Balaban J connectivity index is 1.71. The summed E-state index contributed by atoms with van der Waals surface area (Å²) in [5, 5.41) is 72.4. The van der Waals surface area contributed by atoms with E-state index in [0.717, 1.165) is 38.5 Å². The minimum absolute atomic E-state index is 0.167. The number of hydrogen-bond donors (Lipinski definition) is 7. The molecule has 2 fully saturated rings.